The van der Waals surface area contributed by atoms with Crippen LogP contribution < -0.4 is 10.2 Å². The van der Waals surface area contributed by atoms with Crippen molar-refractivity contribution < 1.29 is 23.2 Å². The number of hydrogen-bond donors (Lipinski definition) is 2. The molecular formula is C19H21F3N4O3. The van der Waals surface area contributed by atoms with Crippen molar-refractivity contribution in [3.05, 3.63) is 58.1 Å². The van der Waals surface area contributed by atoms with Gasteiger partial charge < -0.3 is 15.3 Å². The summed E-state index contributed by atoms with van der Waals surface area (Å²) in [6.07, 6.45) is -4.36. The largest absolute Gasteiger partial charge is 0.502 e. The van der Waals surface area contributed by atoms with Crippen LogP contribution in [-0.4, -0.2) is 54.2 Å². The fourth-order valence-electron chi connectivity index (χ4n) is 3.32. The number of anilines is 2. The van der Waals surface area contributed by atoms with Gasteiger partial charge >= 0.3 is 11.9 Å². The number of phenols is 1. The molecule has 0 aliphatic carbocycles. The number of aromatic hydroxyl groups is 1. The summed E-state index contributed by atoms with van der Waals surface area (Å²) in [5.41, 5.74) is -0.221. The zero-order valence-corrected chi connectivity index (χ0v) is 15.5. The van der Waals surface area contributed by atoms with Crippen LogP contribution in [-0.2, 0) is 6.18 Å². The number of piperazine rings is 1. The number of benzene rings is 2. The average Bonchev–Trinajstić information content (AvgIpc) is 2.68. The summed E-state index contributed by atoms with van der Waals surface area (Å²) in [7, 11) is 0. The van der Waals surface area contributed by atoms with E-state index in [2.05, 4.69) is 10.2 Å². The predicted molar refractivity (Wildman–Crippen MR) is 103 cm³/mol. The summed E-state index contributed by atoms with van der Waals surface area (Å²) in [4.78, 5) is 14.5. The lowest BCUT2D eigenvalue weighted by Gasteiger charge is -2.36. The van der Waals surface area contributed by atoms with Crippen LogP contribution in [0.2, 0.25) is 0 Å². The molecule has 0 unspecified atom stereocenters. The number of hydrogen-bond acceptors (Lipinski definition) is 6. The van der Waals surface area contributed by atoms with Crippen molar-refractivity contribution in [1.82, 2.24) is 4.90 Å². The van der Waals surface area contributed by atoms with Gasteiger partial charge in [0.2, 0.25) is 0 Å². The van der Waals surface area contributed by atoms with Crippen molar-refractivity contribution in [3.8, 4) is 5.75 Å². The van der Waals surface area contributed by atoms with Crippen molar-refractivity contribution >= 4 is 17.1 Å². The van der Waals surface area contributed by atoms with Crippen LogP contribution in [0.3, 0.4) is 0 Å². The average molecular weight is 410 g/mol. The Morgan fingerprint density at radius 2 is 1.79 bits per heavy atom. The lowest BCUT2D eigenvalue weighted by Crippen LogP contribution is -2.47. The summed E-state index contributed by atoms with van der Waals surface area (Å²) in [5, 5.41) is 23.7. The van der Waals surface area contributed by atoms with Crippen molar-refractivity contribution in [2.75, 3.05) is 49.5 Å². The Balaban J connectivity index is 1.51. The molecule has 0 amide bonds. The van der Waals surface area contributed by atoms with E-state index < -0.39 is 22.4 Å². The molecule has 3 rings (SSSR count). The minimum Gasteiger partial charge on any atom is -0.502 e. The Kier molecular flexibility index (Phi) is 6.12. The Morgan fingerprint density at radius 1 is 1.10 bits per heavy atom. The summed E-state index contributed by atoms with van der Waals surface area (Å²) in [6, 6.07) is 9.63. The van der Waals surface area contributed by atoms with Gasteiger partial charge in [-0.25, -0.2) is 0 Å². The molecule has 0 bridgehead atoms. The van der Waals surface area contributed by atoms with Gasteiger partial charge in [0.15, 0.2) is 5.75 Å². The predicted octanol–water partition coefficient (Wildman–Crippen LogP) is 3.55. The number of alkyl halides is 3. The van der Waals surface area contributed by atoms with E-state index in [1.807, 2.05) is 4.90 Å². The molecule has 1 aliphatic heterocycles. The molecule has 29 heavy (non-hydrogen) atoms. The van der Waals surface area contributed by atoms with E-state index >= 15 is 0 Å². The van der Waals surface area contributed by atoms with Gasteiger partial charge in [-0.05, 0) is 30.3 Å². The maximum Gasteiger partial charge on any atom is 0.416 e. The quantitative estimate of drug-likeness (QED) is 0.560. The van der Waals surface area contributed by atoms with Gasteiger partial charge in [-0.2, -0.15) is 13.2 Å². The van der Waals surface area contributed by atoms with E-state index in [9.17, 15) is 28.4 Å². The zero-order chi connectivity index (χ0) is 21.0. The summed E-state index contributed by atoms with van der Waals surface area (Å²) in [6.45, 7) is 3.57. The second kappa shape index (κ2) is 8.56. The van der Waals surface area contributed by atoms with Crippen LogP contribution >= 0.6 is 0 Å². The Hall–Kier alpha value is -3.01. The molecule has 1 fully saturated rings. The molecule has 1 saturated heterocycles. The third kappa shape index (κ3) is 5.08. The van der Waals surface area contributed by atoms with Gasteiger partial charge in [0, 0.05) is 45.0 Å². The van der Waals surface area contributed by atoms with E-state index in [4.69, 9.17) is 0 Å². The number of nitrogens with one attached hydrogen (secondary N) is 1. The molecule has 2 aromatic rings. The van der Waals surface area contributed by atoms with E-state index in [0.717, 1.165) is 12.1 Å². The van der Waals surface area contributed by atoms with Gasteiger partial charge in [-0.15, -0.1) is 0 Å². The fourth-order valence-corrected chi connectivity index (χ4v) is 3.32. The van der Waals surface area contributed by atoms with Crippen LogP contribution in [0.15, 0.2) is 42.5 Å². The number of phenolic OH excluding ortho intramolecular Hbond substituents is 1. The maximum absolute atomic E-state index is 12.9. The van der Waals surface area contributed by atoms with Gasteiger partial charge in [0.25, 0.3) is 0 Å². The lowest BCUT2D eigenvalue weighted by atomic mass is 10.1. The monoisotopic (exact) mass is 410 g/mol. The van der Waals surface area contributed by atoms with E-state index in [-0.39, 0.29) is 11.4 Å². The highest BCUT2D eigenvalue weighted by Gasteiger charge is 2.31. The molecule has 0 spiro atoms. The molecule has 156 valence electrons. The lowest BCUT2D eigenvalue weighted by molar-refractivity contribution is -0.384. The molecule has 1 heterocycles. The maximum atomic E-state index is 12.9. The molecule has 2 aromatic carbocycles. The number of rotatable bonds is 6. The summed E-state index contributed by atoms with van der Waals surface area (Å²) < 4.78 is 38.7. The number of nitro benzene ring substituents is 1. The second-order valence-electron chi connectivity index (χ2n) is 6.73. The number of halogens is 3. The SMILES string of the molecule is O=[N+]([O-])c1c(O)cccc1NCCN1CCN(c2cccc(C(F)(F)F)c2)CC1. The Labute approximate surface area is 165 Å². The highest BCUT2D eigenvalue weighted by Crippen LogP contribution is 2.33. The van der Waals surface area contributed by atoms with Gasteiger partial charge in [0.05, 0.1) is 10.5 Å². The zero-order valence-electron chi connectivity index (χ0n) is 15.5. The highest BCUT2D eigenvalue weighted by atomic mass is 19.4. The molecular weight excluding hydrogens is 389 g/mol. The third-order valence-electron chi connectivity index (χ3n) is 4.85. The minimum atomic E-state index is -4.36. The third-order valence-corrected chi connectivity index (χ3v) is 4.85. The fraction of sp³-hybridized carbons (Fsp3) is 0.368. The Bertz CT molecular complexity index is 868. The van der Waals surface area contributed by atoms with E-state index in [0.29, 0.717) is 45.0 Å². The standard InChI is InChI=1S/C19H21F3N4O3/c20-19(21,22)14-3-1-4-15(13-14)25-11-9-24(10-12-25)8-7-23-16-5-2-6-17(27)18(16)26(28)29/h1-6,13,23,27H,7-12H2. The molecule has 0 saturated carbocycles. The molecule has 2 N–H and O–H groups in total. The van der Waals surface area contributed by atoms with Crippen LogP contribution in [0.25, 0.3) is 0 Å². The van der Waals surface area contributed by atoms with Crippen molar-refractivity contribution in [1.29, 1.82) is 0 Å². The van der Waals surface area contributed by atoms with Gasteiger partial charge in [-0.3, -0.25) is 15.0 Å². The molecule has 10 heteroatoms. The first kappa shape index (κ1) is 20.7. The molecule has 0 aromatic heterocycles. The molecule has 0 radical (unpaired) electrons. The number of nitrogens with zero attached hydrogens (tertiary/aromatic N) is 3. The van der Waals surface area contributed by atoms with Crippen LogP contribution in [0.5, 0.6) is 5.75 Å². The normalized spacial score (nSPS) is 15.3. The van der Waals surface area contributed by atoms with Gasteiger partial charge in [0.1, 0.15) is 5.69 Å². The van der Waals surface area contributed by atoms with Gasteiger partial charge in [-0.1, -0.05) is 12.1 Å². The Morgan fingerprint density at radius 3 is 2.45 bits per heavy atom. The van der Waals surface area contributed by atoms with E-state index in [1.54, 1.807) is 6.07 Å². The molecule has 7 nitrogen and oxygen atoms in total. The van der Waals surface area contributed by atoms with Crippen molar-refractivity contribution in [2.24, 2.45) is 0 Å². The van der Waals surface area contributed by atoms with Crippen molar-refractivity contribution in [2.45, 2.75) is 6.18 Å². The second-order valence-corrected chi connectivity index (χ2v) is 6.73. The summed E-state index contributed by atoms with van der Waals surface area (Å²) >= 11 is 0. The smallest absolute Gasteiger partial charge is 0.416 e. The number of nitro groups is 1. The van der Waals surface area contributed by atoms with Crippen LogP contribution in [0.4, 0.5) is 30.2 Å². The van der Waals surface area contributed by atoms with Crippen LogP contribution in [0.1, 0.15) is 5.56 Å². The molecule has 1 aliphatic rings. The first-order chi connectivity index (χ1) is 13.8. The van der Waals surface area contributed by atoms with Crippen molar-refractivity contribution in [3.63, 3.8) is 0 Å². The topological polar surface area (TPSA) is 81.9 Å². The number of para-hydroxylation sites is 1. The molecule has 0 atom stereocenters. The highest BCUT2D eigenvalue weighted by molar-refractivity contribution is 5.67. The summed E-state index contributed by atoms with van der Waals surface area (Å²) in [5.74, 6) is -0.394. The van der Waals surface area contributed by atoms with E-state index in [1.165, 1.54) is 24.3 Å². The first-order valence-corrected chi connectivity index (χ1v) is 9.10. The first-order valence-electron chi connectivity index (χ1n) is 9.10. The minimum absolute atomic E-state index is 0.248. The van der Waals surface area contributed by atoms with Crippen LogP contribution in [0, 0.1) is 10.1 Å².